The van der Waals surface area contributed by atoms with E-state index in [1.54, 1.807) is 6.07 Å². The van der Waals surface area contributed by atoms with Crippen LogP contribution in [0.25, 0.3) is 0 Å². The van der Waals surface area contributed by atoms with Crippen LogP contribution in [0, 0.1) is 5.92 Å². The monoisotopic (exact) mass is 335 g/mol. The highest BCUT2D eigenvalue weighted by Gasteiger charge is 2.33. The molecule has 0 spiro atoms. The molecule has 20 heavy (non-hydrogen) atoms. The van der Waals surface area contributed by atoms with Crippen LogP contribution < -0.4 is 5.32 Å². The number of nitrogens with one attached hydrogen (secondary N) is 1. The van der Waals surface area contributed by atoms with Gasteiger partial charge in [-0.2, -0.15) is 0 Å². The minimum absolute atomic E-state index is 0.270. The fraction of sp³-hybridized carbons (Fsp3) is 0.643. The zero-order chi connectivity index (χ0) is 14.8. The van der Waals surface area contributed by atoms with Gasteiger partial charge in [0.25, 0.3) is 5.91 Å². The number of carbonyl (C=O) groups is 1. The number of hydrogen-bond acceptors (Lipinski definition) is 3. The number of hydrogen-bond donors (Lipinski definition) is 2. The summed E-state index contributed by atoms with van der Waals surface area (Å²) in [4.78, 5) is 12.0. The van der Waals surface area contributed by atoms with Gasteiger partial charge >= 0.3 is 0 Å². The Hall–Kier alpha value is -0.290. The van der Waals surface area contributed by atoms with Crippen molar-refractivity contribution in [2.45, 2.75) is 44.6 Å². The first kappa shape index (κ1) is 16.1. The van der Waals surface area contributed by atoms with E-state index in [1.807, 2.05) is 0 Å². The van der Waals surface area contributed by atoms with Crippen molar-refractivity contribution in [1.82, 2.24) is 5.32 Å². The molecule has 0 saturated heterocycles. The van der Waals surface area contributed by atoms with Gasteiger partial charge in [0.1, 0.15) is 4.34 Å². The van der Waals surface area contributed by atoms with Gasteiger partial charge in [-0.15, -0.1) is 11.3 Å². The SMILES string of the molecule is CCC1CCC(O)(CNC(=O)c2cc(Cl)sc2Cl)CC1. The highest BCUT2D eigenvalue weighted by Crippen LogP contribution is 2.34. The van der Waals surface area contributed by atoms with E-state index in [1.165, 1.54) is 11.3 Å². The summed E-state index contributed by atoms with van der Waals surface area (Å²) < 4.78 is 0.872. The molecule has 0 radical (unpaired) electrons. The Balaban J connectivity index is 1.89. The Bertz CT molecular complexity index is 482. The van der Waals surface area contributed by atoms with Gasteiger partial charge in [0.2, 0.25) is 0 Å². The molecule has 1 aliphatic carbocycles. The topological polar surface area (TPSA) is 49.3 Å². The molecule has 1 fully saturated rings. The average Bonchev–Trinajstić information content (AvgIpc) is 2.76. The third kappa shape index (κ3) is 3.88. The Morgan fingerprint density at radius 3 is 2.65 bits per heavy atom. The molecule has 0 atom stereocenters. The average molecular weight is 336 g/mol. The van der Waals surface area contributed by atoms with E-state index in [-0.39, 0.29) is 12.5 Å². The summed E-state index contributed by atoms with van der Waals surface area (Å²) in [7, 11) is 0. The van der Waals surface area contributed by atoms with Gasteiger partial charge in [-0.05, 0) is 37.7 Å². The molecule has 3 nitrogen and oxygen atoms in total. The Labute approximate surface area is 133 Å². The van der Waals surface area contributed by atoms with Gasteiger partial charge in [-0.1, -0.05) is 36.5 Å². The molecule has 1 amide bonds. The number of halogens is 2. The first-order valence-corrected chi connectivity index (χ1v) is 8.46. The smallest absolute Gasteiger partial charge is 0.253 e. The normalized spacial score (nSPS) is 26.5. The van der Waals surface area contributed by atoms with Gasteiger partial charge in [-0.25, -0.2) is 0 Å². The van der Waals surface area contributed by atoms with Crippen LogP contribution in [0.2, 0.25) is 8.67 Å². The van der Waals surface area contributed by atoms with Gasteiger partial charge in [0.05, 0.1) is 15.5 Å². The summed E-state index contributed by atoms with van der Waals surface area (Å²) in [5.41, 5.74) is -0.402. The summed E-state index contributed by atoms with van der Waals surface area (Å²) in [5.74, 6) is 0.431. The molecule has 0 aliphatic heterocycles. The number of rotatable bonds is 4. The highest BCUT2D eigenvalue weighted by molar-refractivity contribution is 7.20. The van der Waals surface area contributed by atoms with E-state index >= 15 is 0 Å². The summed E-state index contributed by atoms with van der Waals surface area (Å²) in [6, 6.07) is 1.56. The van der Waals surface area contributed by atoms with Crippen molar-refractivity contribution in [3.05, 3.63) is 20.3 Å². The second-order valence-electron chi connectivity index (χ2n) is 5.50. The molecule has 0 unspecified atom stereocenters. The first-order valence-electron chi connectivity index (χ1n) is 6.89. The van der Waals surface area contributed by atoms with Crippen molar-refractivity contribution < 1.29 is 9.90 Å². The second-order valence-corrected chi connectivity index (χ2v) is 7.78. The van der Waals surface area contributed by atoms with Gasteiger partial charge in [-0.3, -0.25) is 4.79 Å². The van der Waals surface area contributed by atoms with E-state index in [0.717, 1.165) is 32.1 Å². The van der Waals surface area contributed by atoms with Crippen LogP contribution in [0.15, 0.2) is 6.07 Å². The molecular formula is C14H19Cl2NO2S. The molecule has 1 aliphatic rings. The molecule has 1 heterocycles. The van der Waals surface area contributed by atoms with Gasteiger partial charge in [0.15, 0.2) is 0 Å². The lowest BCUT2D eigenvalue weighted by Crippen LogP contribution is -2.45. The first-order chi connectivity index (χ1) is 9.43. The molecule has 2 rings (SSSR count). The van der Waals surface area contributed by atoms with Crippen molar-refractivity contribution in [1.29, 1.82) is 0 Å². The molecule has 6 heteroatoms. The maximum Gasteiger partial charge on any atom is 0.253 e. The maximum atomic E-state index is 12.0. The molecule has 1 aromatic rings. The fourth-order valence-electron chi connectivity index (χ4n) is 2.64. The van der Waals surface area contributed by atoms with Crippen LogP contribution in [-0.2, 0) is 0 Å². The third-order valence-corrected chi connectivity index (χ3v) is 5.58. The summed E-state index contributed by atoms with van der Waals surface area (Å²) >= 11 is 12.9. The maximum absolute atomic E-state index is 12.0. The molecular weight excluding hydrogens is 317 g/mol. The predicted molar refractivity (Wildman–Crippen MR) is 83.9 cm³/mol. The zero-order valence-electron chi connectivity index (χ0n) is 11.4. The lowest BCUT2D eigenvalue weighted by molar-refractivity contribution is -0.00786. The molecule has 0 bridgehead atoms. The van der Waals surface area contributed by atoms with Crippen LogP contribution in [0.1, 0.15) is 49.4 Å². The van der Waals surface area contributed by atoms with Crippen LogP contribution in [0.3, 0.4) is 0 Å². The predicted octanol–water partition coefficient (Wildman–Crippen LogP) is 4.12. The molecule has 1 aromatic heterocycles. The Kier molecular flexibility index (Phi) is 5.35. The third-order valence-electron chi connectivity index (χ3n) is 4.09. The van der Waals surface area contributed by atoms with Gasteiger partial charge in [0, 0.05) is 6.54 Å². The number of amides is 1. The quantitative estimate of drug-likeness (QED) is 0.869. The fourth-order valence-corrected chi connectivity index (χ4v) is 4.09. The second kappa shape index (κ2) is 6.65. The van der Waals surface area contributed by atoms with Crippen LogP contribution in [-0.4, -0.2) is 23.2 Å². The van der Waals surface area contributed by atoms with E-state index < -0.39 is 5.60 Å². The van der Waals surface area contributed by atoms with E-state index in [4.69, 9.17) is 23.2 Å². The molecule has 2 N–H and O–H groups in total. The zero-order valence-corrected chi connectivity index (χ0v) is 13.7. The Morgan fingerprint density at radius 2 is 2.15 bits per heavy atom. The largest absolute Gasteiger partial charge is 0.388 e. The molecule has 0 aromatic carbocycles. The van der Waals surface area contributed by atoms with Crippen molar-refractivity contribution in [3.63, 3.8) is 0 Å². The van der Waals surface area contributed by atoms with E-state index in [0.29, 0.717) is 20.2 Å². The minimum Gasteiger partial charge on any atom is -0.388 e. The number of carbonyl (C=O) groups excluding carboxylic acids is 1. The lowest BCUT2D eigenvalue weighted by atomic mass is 9.78. The van der Waals surface area contributed by atoms with Crippen LogP contribution in [0.4, 0.5) is 0 Å². The van der Waals surface area contributed by atoms with Crippen LogP contribution >= 0.6 is 34.5 Å². The van der Waals surface area contributed by atoms with Crippen molar-refractivity contribution in [3.8, 4) is 0 Å². The standard InChI is InChI=1S/C14H19Cl2NO2S/c1-2-9-3-5-14(19,6-4-9)8-17-13(18)10-7-11(15)20-12(10)16/h7,9,19H,2-6,8H2,1H3,(H,17,18). The van der Waals surface area contributed by atoms with E-state index in [2.05, 4.69) is 12.2 Å². The number of thiophene rings is 1. The lowest BCUT2D eigenvalue weighted by Gasteiger charge is -2.35. The van der Waals surface area contributed by atoms with Crippen molar-refractivity contribution in [2.75, 3.05) is 6.54 Å². The van der Waals surface area contributed by atoms with Crippen LogP contribution in [0.5, 0.6) is 0 Å². The summed E-state index contributed by atoms with van der Waals surface area (Å²) in [5, 5.41) is 13.3. The summed E-state index contributed by atoms with van der Waals surface area (Å²) in [6.07, 6.45) is 4.68. The van der Waals surface area contributed by atoms with Gasteiger partial charge < -0.3 is 10.4 Å². The molecule has 112 valence electrons. The number of aliphatic hydroxyl groups is 1. The van der Waals surface area contributed by atoms with Crippen molar-refractivity contribution in [2.24, 2.45) is 5.92 Å². The van der Waals surface area contributed by atoms with E-state index in [9.17, 15) is 9.90 Å². The minimum atomic E-state index is -0.784. The van der Waals surface area contributed by atoms with Crippen molar-refractivity contribution >= 4 is 40.4 Å². The molecule has 1 saturated carbocycles. The summed E-state index contributed by atoms with van der Waals surface area (Å²) in [6.45, 7) is 2.45. The highest BCUT2D eigenvalue weighted by atomic mass is 35.5. The Morgan fingerprint density at radius 1 is 1.50 bits per heavy atom.